The number of piperidine rings is 1. The average Bonchev–Trinajstić information content (AvgIpc) is 3.02. The van der Waals surface area contributed by atoms with E-state index in [-0.39, 0.29) is 11.9 Å². The predicted octanol–water partition coefficient (Wildman–Crippen LogP) is 3.97. The molecule has 136 valence electrons. The second kappa shape index (κ2) is 7.08. The third-order valence-corrected chi connectivity index (χ3v) is 5.62. The first kappa shape index (κ1) is 17.6. The maximum absolute atomic E-state index is 10.2. The zero-order valence-electron chi connectivity index (χ0n) is 14.1. The first-order valence-corrected chi connectivity index (χ1v) is 9.32. The first-order valence-electron chi connectivity index (χ1n) is 8.56. The summed E-state index contributed by atoms with van der Waals surface area (Å²) < 4.78 is 1.95. The van der Waals surface area contributed by atoms with E-state index in [0.717, 1.165) is 49.4 Å². The van der Waals surface area contributed by atoms with Crippen LogP contribution in [-0.2, 0) is 6.54 Å². The molecule has 0 saturated carbocycles. The molecule has 1 aliphatic rings. The van der Waals surface area contributed by atoms with Gasteiger partial charge in [-0.2, -0.15) is 0 Å². The Kier molecular flexibility index (Phi) is 4.80. The highest BCUT2D eigenvalue weighted by Crippen LogP contribution is 2.40. The fourth-order valence-electron chi connectivity index (χ4n) is 3.39. The number of aromatic hydroxyl groups is 1. The van der Waals surface area contributed by atoms with E-state index in [9.17, 15) is 10.2 Å². The molecule has 3 heterocycles. The van der Waals surface area contributed by atoms with Crippen LogP contribution in [-0.4, -0.2) is 43.7 Å². The molecule has 4 rings (SSSR count). The second-order valence-corrected chi connectivity index (χ2v) is 7.46. The van der Waals surface area contributed by atoms with Gasteiger partial charge in [-0.3, -0.25) is 4.90 Å². The van der Waals surface area contributed by atoms with Crippen LogP contribution in [0, 0.1) is 0 Å². The van der Waals surface area contributed by atoms with Gasteiger partial charge in [0, 0.05) is 37.6 Å². The lowest BCUT2D eigenvalue weighted by Crippen LogP contribution is -2.35. The topological polar surface area (TPSA) is 61.0 Å². The zero-order chi connectivity index (χ0) is 18.3. The van der Waals surface area contributed by atoms with E-state index < -0.39 is 0 Å². The largest absolute Gasteiger partial charge is 0.507 e. The molecule has 1 saturated heterocycles. The molecule has 0 spiro atoms. The molecular weight excluding hydrogens is 373 g/mol. The minimum atomic E-state index is -0.176. The Morgan fingerprint density at radius 3 is 2.69 bits per heavy atom. The zero-order valence-corrected chi connectivity index (χ0v) is 15.6. The maximum atomic E-state index is 10.2. The summed E-state index contributed by atoms with van der Waals surface area (Å²) in [5.74, 6) is 0.0856. The number of pyridine rings is 1. The minimum Gasteiger partial charge on any atom is -0.507 e. The molecule has 0 aliphatic carbocycles. The number of aliphatic hydroxyl groups excluding tert-OH is 1. The number of benzene rings is 1. The molecule has 1 aliphatic heterocycles. The van der Waals surface area contributed by atoms with E-state index >= 15 is 0 Å². The predicted molar refractivity (Wildman–Crippen MR) is 103 cm³/mol. The molecule has 1 fully saturated rings. The average molecular weight is 392 g/mol. The van der Waals surface area contributed by atoms with Crippen LogP contribution in [0.25, 0.3) is 16.8 Å². The van der Waals surface area contributed by atoms with Gasteiger partial charge in [-0.1, -0.05) is 23.2 Å². The van der Waals surface area contributed by atoms with E-state index in [1.807, 2.05) is 28.9 Å². The molecule has 1 aromatic carbocycles. The summed E-state index contributed by atoms with van der Waals surface area (Å²) in [5, 5.41) is 20.5. The van der Waals surface area contributed by atoms with Gasteiger partial charge in [0.2, 0.25) is 0 Å². The van der Waals surface area contributed by atoms with Gasteiger partial charge in [-0.25, -0.2) is 4.98 Å². The van der Waals surface area contributed by atoms with Gasteiger partial charge in [0.05, 0.1) is 21.8 Å². The van der Waals surface area contributed by atoms with Crippen LogP contribution < -0.4 is 0 Å². The standard InChI is InChI=1S/C19H19Cl2N3O2/c20-15-1-2-16(26)18(19(15)21)12-3-8-24-11-13(22-17(24)9-12)10-23-6-4-14(25)5-7-23/h1-3,8-9,11,14,25-26H,4-7,10H2. The Hall–Kier alpha value is -1.79. The molecule has 2 aromatic heterocycles. The Morgan fingerprint density at radius 2 is 1.92 bits per heavy atom. The van der Waals surface area contributed by atoms with Crippen LogP contribution in [0.3, 0.4) is 0 Å². The molecule has 2 N–H and O–H groups in total. The Balaban J connectivity index is 1.63. The number of aliphatic hydroxyl groups is 1. The van der Waals surface area contributed by atoms with Gasteiger partial charge in [-0.05, 0) is 42.7 Å². The fraction of sp³-hybridized carbons (Fsp3) is 0.316. The molecule has 0 amide bonds. The Labute approximate surface area is 161 Å². The van der Waals surface area contributed by atoms with Crippen molar-refractivity contribution in [3.8, 4) is 16.9 Å². The number of nitrogens with zero attached hydrogens (tertiary/aromatic N) is 3. The monoisotopic (exact) mass is 391 g/mol. The lowest BCUT2D eigenvalue weighted by Gasteiger charge is -2.28. The molecular formula is C19H19Cl2N3O2. The van der Waals surface area contributed by atoms with Crippen LogP contribution in [0.2, 0.25) is 10.0 Å². The highest BCUT2D eigenvalue weighted by Gasteiger charge is 2.18. The third-order valence-electron chi connectivity index (χ3n) is 4.81. The van der Waals surface area contributed by atoms with Crippen molar-refractivity contribution >= 4 is 28.8 Å². The van der Waals surface area contributed by atoms with E-state index in [4.69, 9.17) is 28.2 Å². The van der Waals surface area contributed by atoms with Gasteiger partial charge in [0.15, 0.2) is 0 Å². The molecule has 0 radical (unpaired) electrons. The molecule has 26 heavy (non-hydrogen) atoms. The number of halogens is 2. The number of phenols is 1. The van der Waals surface area contributed by atoms with Gasteiger partial charge >= 0.3 is 0 Å². The number of hydrogen-bond acceptors (Lipinski definition) is 4. The molecule has 0 bridgehead atoms. The number of likely N-dealkylation sites (tertiary alicyclic amines) is 1. The SMILES string of the molecule is Oc1ccc(Cl)c(Cl)c1-c1ccn2cc(CN3CCC(O)CC3)nc2c1. The van der Waals surface area contributed by atoms with Crippen molar-refractivity contribution < 1.29 is 10.2 Å². The number of aromatic nitrogens is 2. The van der Waals surface area contributed by atoms with Gasteiger partial charge in [-0.15, -0.1) is 0 Å². The lowest BCUT2D eigenvalue weighted by molar-refractivity contribution is 0.0787. The van der Waals surface area contributed by atoms with E-state index in [1.54, 1.807) is 6.07 Å². The summed E-state index contributed by atoms with van der Waals surface area (Å²) in [4.78, 5) is 7.00. The summed E-state index contributed by atoms with van der Waals surface area (Å²) >= 11 is 12.4. The summed E-state index contributed by atoms with van der Waals surface area (Å²) in [6.07, 6.45) is 5.35. The summed E-state index contributed by atoms with van der Waals surface area (Å²) in [7, 11) is 0. The summed E-state index contributed by atoms with van der Waals surface area (Å²) in [6.45, 7) is 2.52. The molecule has 5 nitrogen and oxygen atoms in total. The van der Waals surface area contributed by atoms with E-state index in [0.29, 0.717) is 15.6 Å². The van der Waals surface area contributed by atoms with Gasteiger partial charge in [0.25, 0.3) is 0 Å². The number of hydrogen-bond donors (Lipinski definition) is 2. The molecule has 7 heteroatoms. The highest BCUT2D eigenvalue weighted by atomic mass is 35.5. The highest BCUT2D eigenvalue weighted by molar-refractivity contribution is 6.44. The quantitative estimate of drug-likeness (QED) is 0.708. The number of imidazole rings is 1. The van der Waals surface area contributed by atoms with Gasteiger partial charge < -0.3 is 14.6 Å². The number of rotatable bonds is 3. The number of fused-ring (bicyclic) bond motifs is 1. The van der Waals surface area contributed by atoms with E-state index in [2.05, 4.69) is 4.90 Å². The fourth-order valence-corrected chi connectivity index (χ4v) is 3.81. The normalized spacial score (nSPS) is 16.4. The maximum Gasteiger partial charge on any atom is 0.137 e. The van der Waals surface area contributed by atoms with Crippen molar-refractivity contribution in [2.75, 3.05) is 13.1 Å². The van der Waals surface area contributed by atoms with Crippen LogP contribution >= 0.6 is 23.2 Å². The van der Waals surface area contributed by atoms with Crippen molar-refractivity contribution in [2.24, 2.45) is 0 Å². The van der Waals surface area contributed by atoms with Crippen molar-refractivity contribution in [3.63, 3.8) is 0 Å². The second-order valence-electron chi connectivity index (χ2n) is 6.68. The van der Waals surface area contributed by atoms with Crippen molar-refractivity contribution in [2.45, 2.75) is 25.5 Å². The van der Waals surface area contributed by atoms with Crippen molar-refractivity contribution in [1.82, 2.24) is 14.3 Å². The first-order chi connectivity index (χ1) is 12.5. The lowest BCUT2D eigenvalue weighted by atomic mass is 10.1. The van der Waals surface area contributed by atoms with Crippen LogP contribution in [0.1, 0.15) is 18.5 Å². The number of phenolic OH excluding ortho intramolecular Hbond substituents is 1. The van der Waals surface area contributed by atoms with Crippen molar-refractivity contribution in [3.05, 3.63) is 52.4 Å². The molecule has 0 atom stereocenters. The molecule has 3 aromatic rings. The van der Waals surface area contributed by atoms with Gasteiger partial charge in [0.1, 0.15) is 11.4 Å². The van der Waals surface area contributed by atoms with E-state index in [1.165, 1.54) is 6.07 Å². The molecule has 0 unspecified atom stereocenters. The van der Waals surface area contributed by atoms with Crippen molar-refractivity contribution in [1.29, 1.82) is 0 Å². The smallest absolute Gasteiger partial charge is 0.137 e. The minimum absolute atomic E-state index is 0.0856. The van der Waals surface area contributed by atoms with Crippen LogP contribution in [0.4, 0.5) is 0 Å². The Bertz CT molecular complexity index is 949. The van der Waals surface area contributed by atoms with Crippen LogP contribution in [0.15, 0.2) is 36.7 Å². The third kappa shape index (κ3) is 3.40. The summed E-state index contributed by atoms with van der Waals surface area (Å²) in [6, 6.07) is 6.88. The van der Waals surface area contributed by atoms with Crippen LogP contribution in [0.5, 0.6) is 5.75 Å². The summed E-state index contributed by atoms with van der Waals surface area (Å²) in [5.41, 5.74) is 3.03. The Morgan fingerprint density at radius 1 is 1.15 bits per heavy atom.